The van der Waals surface area contributed by atoms with Crippen LogP contribution in [0.2, 0.25) is 0 Å². The number of pyridine rings is 1. The molecule has 0 saturated heterocycles. The van der Waals surface area contributed by atoms with E-state index in [1.165, 1.54) is 0 Å². The van der Waals surface area contributed by atoms with Crippen molar-refractivity contribution in [3.63, 3.8) is 0 Å². The molecule has 0 atom stereocenters. The van der Waals surface area contributed by atoms with E-state index in [4.69, 9.17) is 4.42 Å². The molecule has 4 rings (SSSR count). The van der Waals surface area contributed by atoms with Crippen LogP contribution in [-0.2, 0) is 11.2 Å². The molecule has 26 heavy (non-hydrogen) atoms. The number of aromatic nitrogens is 1. The second kappa shape index (κ2) is 6.52. The number of anilines is 2. The topological polar surface area (TPSA) is 58.4 Å². The molecule has 0 fully saturated rings. The molecule has 0 aliphatic carbocycles. The van der Waals surface area contributed by atoms with Crippen molar-refractivity contribution in [2.75, 3.05) is 24.3 Å². The lowest BCUT2D eigenvalue weighted by atomic mass is 10.0. The third-order valence-corrected chi connectivity index (χ3v) is 4.38. The molecule has 2 heterocycles. The summed E-state index contributed by atoms with van der Waals surface area (Å²) in [6.07, 6.45) is 3.58. The summed E-state index contributed by atoms with van der Waals surface area (Å²) in [5.74, 6) is 0.746. The summed E-state index contributed by atoms with van der Waals surface area (Å²) >= 11 is 0. The molecule has 1 amide bonds. The Bertz CT molecular complexity index is 1080. The zero-order valence-corrected chi connectivity index (χ0v) is 14.7. The van der Waals surface area contributed by atoms with Gasteiger partial charge in [0.25, 0.3) is 0 Å². The lowest BCUT2D eigenvalue weighted by Gasteiger charge is -2.11. The lowest BCUT2D eigenvalue weighted by Crippen LogP contribution is -2.15. The molecule has 1 N–H and O–H groups in total. The van der Waals surface area contributed by atoms with E-state index in [2.05, 4.69) is 22.4 Å². The van der Waals surface area contributed by atoms with Crippen molar-refractivity contribution < 1.29 is 9.21 Å². The fourth-order valence-corrected chi connectivity index (χ4v) is 3.11. The van der Waals surface area contributed by atoms with Gasteiger partial charge in [0.05, 0.1) is 24.6 Å². The van der Waals surface area contributed by atoms with Gasteiger partial charge < -0.3 is 14.6 Å². The molecule has 0 bridgehead atoms. The highest BCUT2D eigenvalue weighted by atomic mass is 16.3. The highest BCUT2D eigenvalue weighted by Gasteiger charge is 2.13. The molecule has 0 aliphatic heterocycles. The monoisotopic (exact) mass is 345 g/mol. The Labute approximate surface area is 151 Å². The van der Waals surface area contributed by atoms with Crippen LogP contribution in [0.25, 0.3) is 21.7 Å². The van der Waals surface area contributed by atoms with Gasteiger partial charge in [0.2, 0.25) is 5.91 Å². The Hall–Kier alpha value is -3.34. The van der Waals surface area contributed by atoms with Crippen molar-refractivity contribution in [1.82, 2.24) is 4.98 Å². The quantitative estimate of drug-likeness (QED) is 0.601. The van der Waals surface area contributed by atoms with Crippen molar-refractivity contribution in [1.29, 1.82) is 0 Å². The fourth-order valence-electron chi connectivity index (χ4n) is 3.11. The van der Waals surface area contributed by atoms with E-state index in [9.17, 15) is 4.79 Å². The molecule has 0 saturated carbocycles. The van der Waals surface area contributed by atoms with Gasteiger partial charge in [0, 0.05) is 25.0 Å². The van der Waals surface area contributed by atoms with E-state index < -0.39 is 0 Å². The first-order chi connectivity index (χ1) is 12.6. The Morgan fingerprint density at radius 1 is 1.12 bits per heavy atom. The summed E-state index contributed by atoms with van der Waals surface area (Å²) < 4.78 is 5.65. The maximum Gasteiger partial charge on any atom is 0.228 e. The molecule has 130 valence electrons. The number of furan rings is 1. The van der Waals surface area contributed by atoms with Crippen molar-refractivity contribution in [2.45, 2.75) is 6.42 Å². The summed E-state index contributed by atoms with van der Waals surface area (Å²) in [6.45, 7) is 0. The molecule has 5 nitrogen and oxygen atoms in total. The minimum absolute atomic E-state index is 0.0972. The maximum absolute atomic E-state index is 12.5. The largest absolute Gasteiger partial charge is 0.464 e. The van der Waals surface area contributed by atoms with E-state index in [0.29, 0.717) is 5.69 Å². The molecule has 0 spiro atoms. The van der Waals surface area contributed by atoms with Gasteiger partial charge in [-0.25, -0.2) is 4.98 Å². The van der Waals surface area contributed by atoms with Crippen LogP contribution in [0.5, 0.6) is 0 Å². The van der Waals surface area contributed by atoms with Gasteiger partial charge in [0.1, 0.15) is 11.4 Å². The summed E-state index contributed by atoms with van der Waals surface area (Å²) in [6, 6.07) is 15.8. The Kier molecular flexibility index (Phi) is 4.05. The third-order valence-electron chi connectivity index (χ3n) is 4.38. The molecular weight excluding hydrogens is 326 g/mol. The standard InChI is InChI=1S/C21H19N3O2/c1-24(2)19-10-8-16(12-22-19)23-20(25)11-15-13-26-18-9-7-14-5-3-4-6-17(14)21(15)18/h3-10,12-13H,11H2,1-2H3,(H,23,25). The highest BCUT2D eigenvalue weighted by Crippen LogP contribution is 2.30. The summed E-state index contributed by atoms with van der Waals surface area (Å²) in [5.41, 5.74) is 2.36. The molecule has 4 aromatic rings. The zero-order valence-electron chi connectivity index (χ0n) is 14.7. The second-order valence-corrected chi connectivity index (χ2v) is 6.45. The predicted molar refractivity (Wildman–Crippen MR) is 105 cm³/mol. The number of amides is 1. The zero-order chi connectivity index (χ0) is 18.1. The van der Waals surface area contributed by atoms with Crippen molar-refractivity contribution in [3.05, 3.63) is 66.6 Å². The average molecular weight is 345 g/mol. The number of carbonyl (C=O) groups is 1. The van der Waals surface area contributed by atoms with Gasteiger partial charge in [0.15, 0.2) is 0 Å². The van der Waals surface area contributed by atoms with Gasteiger partial charge >= 0.3 is 0 Å². The number of nitrogens with one attached hydrogen (secondary N) is 1. The first-order valence-corrected chi connectivity index (χ1v) is 8.43. The number of carbonyl (C=O) groups excluding carboxylic acids is 1. The van der Waals surface area contributed by atoms with Crippen LogP contribution >= 0.6 is 0 Å². The SMILES string of the molecule is CN(C)c1ccc(NC(=O)Cc2coc3ccc4ccccc4c23)cn1. The summed E-state index contributed by atoms with van der Waals surface area (Å²) in [4.78, 5) is 18.7. The van der Waals surface area contributed by atoms with E-state index >= 15 is 0 Å². The molecule has 5 heteroatoms. The highest BCUT2D eigenvalue weighted by molar-refractivity contribution is 6.09. The Morgan fingerprint density at radius 2 is 1.96 bits per heavy atom. The molecule has 0 unspecified atom stereocenters. The van der Waals surface area contributed by atoms with Crippen molar-refractivity contribution in [2.24, 2.45) is 0 Å². The third kappa shape index (κ3) is 2.99. The maximum atomic E-state index is 12.5. The fraction of sp³-hybridized carbons (Fsp3) is 0.143. The average Bonchev–Trinajstić information content (AvgIpc) is 3.05. The number of benzene rings is 2. The molecule has 0 aliphatic rings. The van der Waals surface area contributed by atoms with Crippen LogP contribution in [0.3, 0.4) is 0 Å². The summed E-state index contributed by atoms with van der Waals surface area (Å²) in [5, 5.41) is 6.12. The van der Waals surface area contributed by atoms with E-state index in [0.717, 1.165) is 33.1 Å². The van der Waals surface area contributed by atoms with Crippen LogP contribution in [-0.4, -0.2) is 25.0 Å². The van der Waals surface area contributed by atoms with Crippen LogP contribution in [0.15, 0.2) is 65.4 Å². The van der Waals surface area contributed by atoms with Crippen molar-refractivity contribution >= 4 is 39.2 Å². The van der Waals surface area contributed by atoms with Gasteiger partial charge in [-0.1, -0.05) is 30.3 Å². The number of rotatable bonds is 4. The van der Waals surface area contributed by atoms with Gasteiger partial charge in [-0.2, -0.15) is 0 Å². The first kappa shape index (κ1) is 16.1. The van der Waals surface area contributed by atoms with Crippen LogP contribution in [0.4, 0.5) is 11.5 Å². The van der Waals surface area contributed by atoms with Gasteiger partial charge in [-0.05, 0) is 29.0 Å². The van der Waals surface area contributed by atoms with Gasteiger partial charge in [-0.15, -0.1) is 0 Å². The van der Waals surface area contributed by atoms with E-state index in [1.54, 1.807) is 12.5 Å². The molecule has 0 radical (unpaired) electrons. The minimum atomic E-state index is -0.0972. The number of fused-ring (bicyclic) bond motifs is 3. The smallest absolute Gasteiger partial charge is 0.228 e. The minimum Gasteiger partial charge on any atom is -0.464 e. The Balaban J connectivity index is 1.59. The van der Waals surface area contributed by atoms with E-state index in [-0.39, 0.29) is 12.3 Å². The number of hydrogen-bond acceptors (Lipinski definition) is 4. The molecular formula is C21H19N3O2. The van der Waals surface area contributed by atoms with Crippen LogP contribution in [0, 0.1) is 0 Å². The first-order valence-electron chi connectivity index (χ1n) is 8.43. The lowest BCUT2D eigenvalue weighted by molar-refractivity contribution is -0.115. The second-order valence-electron chi connectivity index (χ2n) is 6.45. The van der Waals surface area contributed by atoms with Gasteiger partial charge in [-0.3, -0.25) is 4.79 Å². The normalized spacial score (nSPS) is 11.0. The van der Waals surface area contributed by atoms with Crippen LogP contribution in [0.1, 0.15) is 5.56 Å². The number of hydrogen-bond donors (Lipinski definition) is 1. The molecule has 2 aromatic heterocycles. The van der Waals surface area contributed by atoms with Crippen LogP contribution < -0.4 is 10.2 Å². The Morgan fingerprint density at radius 3 is 2.73 bits per heavy atom. The predicted octanol–water partition coefficient (Wildman–Crippen LogP) is 4.23. The summed E-state index contributed by atoms with van der Waals surface area (Å²) in [7, 11) is 3.85. The number of nitrogens with zero attached hydrogens (tertiary/aromatic N) is 2. The molecule has 2 aromatic carbocycles. The van der Waals surface area contributed by atoms with E-state index in [1.807, 2.05) is 55.4 Å². The van der Waals surface area contributed by atoms with Crippen molar-refractivity contribution in [3.8, 4) is 0 Å².